The van der Waals surface area contributed by atoms with Gasteiger partial charge in [0.25, 0.3) is 5.56 Å². The average molecular weight is 379 g/mol. The molecule has 1 atom stereocenters. The van der Waals surface area contributed by atoms with E-state index in [0.717, 1.165) is 55.8 Å². The van der Waals surface area contributed by atoms with E-state index < -0.39 is 0 Å². The molecule has 3 aromatic rings. The predicted molar refractivity (Wildman–Crippen MR) is 106 cm³/mol. The second-order valence-electron chi connectivity index (χ2n) is 7.78. The molecule has 3 heterocycles. The van der Waals surface area contributed by atoms with Gasteiger partial charge in [0.2, 0.25) is 0 Å². The average Bonchev–Trinajstić information content (AvgIpc) is 3.43. The third-order valence-electron chi connectivity index (χ3n) is 6.12. The van der Waals surface area contributed by atoms with Gasteiger partial charge in [0.05, 0.1) is 35.8 Å². The molecule has 1 aliphatic heterocycles. The van der Waals surface area contributed by atoms with Gasteiger partial charge < -0.3 is 5.11 Å². The van der Waals surface area contributed by atoms with Gasteiger partial charge in [-0.3, -0.25) is 19.4 Å². The van der Waals surface area contributed by atoms with Crippen LogP contribution < -0.4 is 5.56 Å². The van der Waals surface area contributed by atoms with E-state index >= 15 is 0 Å². The molecule has 0 radical (unpaired) electrons. The number of likely N-dealkylation sites (tertiary alicyclic amines) is 1. The first-order valence-electron chi connectivity index (χ1n) is 10.2. The minimum absolute atomic E-state index is 0.0672. The fourth-order valence-electron chi connectivity index (χ4n) is 4.77. The van der Waals surface area contributed by atoms with Crippen LogP contribution in [-0.2, 0) is 25.9 Å². The molecule has 7 heteroatoms. The number of hydrogen-bond acceptors (Lipinski definition) is 5. The summed E-state index contributed by atoms with van der Waals surface area (Å²) in [6, 6.07) is 7.53. The third-order valence-corrected chi connectivity index (χ3v) is 6.12. The molecule has 2 aliphatic rings. The number of aliphatic hydroxyl groups excluding tert-OH is 1. The van der Waals surface area contributed by atoms with Crippen LogP contribution in [-0.4, -0.2) is 42.9 Å². The van der Waals surface area contributed by atoms with E-state index in [2.05, 4.69) is 15.1 Å². The Morgan fingerprint density at radius 2 is 2.11 bits per heavy atom. The minimum Gasteiger partial charge on any atom is -0.395 e. The number of benzene rings is 1. The molecule has 0 saturated carbocycles. The van der Waals surface area contributed by atoms with E-state index in [4.69, 9.17) is 4.98 Å². The van der Waals surface area contributed by atoms with E-state index in [9.17, 15) is 9.90 Å². The molecule has 146 valence electrons. The Morgan fingerprint density at radius 1 is 1.21 bits per heavy atom. The quantitative estimate of drug-likeness (QED) is 0.707. The Morgan fingerprint density at radius 3 is 3.00 bits per heavy atom. The molecule has 1 aliphatic carbocycles. The van der Waals surface area contributed by atoms with Gasteiger partial charge in [0.1, 0.15) is 5.82 Å². The van der Waals surface area contributed by atoms with Crippen molar-refractivity contribution < 1.29 is 5.11 Å². The molecule has 1 fully saturated rings. The zero-order valence-electron chi connectivity index (χ0n) is 15.9. The first-order chi connectivity index (χ1) is 13.8. The van der Waals surface area contributed by atoms with Crippen molar-refractivity contribution in [1.29, 1.82) is 0 Å². The van der Waals surface area contributed by atoms with Crippen LogP contribution >= 0.6 is 0 Å². The first-order valence-corrected chi connectivity index (χ1v) is 10.2. The van der Waals surface area contributed by atoms with E-state index in [1.165, 1.54) is 17.7 Å². The molecule has 28 heavy (non-hydrogen) atoms. The van der Waals surface area contributed by atoms with E-state index in [1.807, 2.05) is 24.3 Å². The third kappa shape index (κ3) is 2.86. The summed E-state index contributed by atoms with van der Waals surface area (Å²) in [6.07, 6.45) is 5.42. The van der Waals surface area contributed by atoms with Gasteiger partial charge in [-0.1, -0.05) is 12.1 Å². The zero-order valence-corrected chi connectivity index (χ0v) is 15.9. The summed E-state index contributed by atoms with van der Waals surface area (Å²) in [7, 11) is 0. The number of nitrogens with one attached hydrogen (secondary N) is 1. The lowest BCUT2D eigenvalue weighted by atomic mass is 10.1. The summed E-state index contributed by atoms with van der Waals surface area (Å²) in [5.74, 6) is 0.766. The Kier molecular flexibility index (Phi) is 4.49. The number of aryl methyl sites for hydroxylation is 1. The van der Waals surface area contributed by atoms with Crippen molar-refractivity contribution in [1.82, 2.24) is 24.6 Å². The van der Waals surface area contributed by atoms with Crippen LogP contribution in [0.15, 0.2) is 29.1 Å². The summed E-state index contributed by atoms with van der Waals surface area (Å²) < 4.78 is 1.67. The van der Waals surface area contributed by atoms with Gasteiger partial charge in [0, 0.05) is 12.2 Å². The van der Waals surface area contributed by atoms with Crippen LogP contribution in [0.5, 0.6) is 0 Å². The highest BCUT2D eigenvalue weighted by Crippen LogP contribution is 2.34. The Bertz CT molecular complexity index is 1070. The van der Waals surface area contributed by atoms with Gasteiger partial charge in [-0.15, -0.1) is 0 Å². The number of aliphatic hydroxyl groups is 1. The maximum atomic E-state index is 13.0. The molecule has 2 aromatic heterocycles. The van der Waals surface area contributed by atoms with E-state index in [1.54, 1.807) is 4.57 Å². The molecular weight excluding hydrogens is 354 g/mol. The van der Waals surface area contributed by atoms with Crippen LogP contribution in [0, 0.1) is 0 Å². The maximum absolute atomic E-state index is 13.0. The number of fused-ring (bicyclic) bond motifs is 2. The molecular formula is C21H25N5O2. The van der Waals surface area contributed by atoms with Gasteiger partial charge in [-0.2, -0.15) is 5.10 Å². The normalized spacial score (nSPS) is 19.5. The number of nitrogens with zero attached hydrogens (tertiary/aromatic N) is 4. The molecule has 1 aromatic carbocycles. The number of para-hydroxylation sites is 1. The molecule has 5 rings (SSSR count). The molecule has 1 unspecified atom stereocenters. The highest BCUT2D eigenvalue weighted by Gasteiger charge is 2.32. The number of H-pyrrole nitrogens is 1. The lowest BCUT2D eigenvalue weighted by Crippen LogP contribution is -2.33. The van der Waals surface area contributed by atoms with Gasteiger partial charge in [-0.05, 0) is 56.3 Å². The Hall–Kier alpha value is -2.51. The van der Waals surface area contributed by atoms with Crippen molar-refractivity contribution in [3.8, 4) is 0 Å². The monoisotopic (exact) mass is 379 g/mol. The molecule has 1 saturated heterocycles. The van der Waals surface area contributed by atoms with Crippen LogP contribution in [0.25, 0.3) is 10.9 Å². The SMILES string of the molecule is O=c1c2ccccc2nc(C2CCCN2Cc2n[nH]c3c2CCC3)n1CCO. The van der Waals surface area contributed by atoms with Crippen molar-refractivity contribution in [2.75, 3.05) is 13.2 Å². The Balaban J connectivity index is 1.54. The fourth-order valence-corrected chi connectivity index (χ4v) is 4.77. The molecule has 0 spiro atoms. The summed E-state index contributed by atoms with van der Waals surface area (Å²) in [5, 5.41) is 17.9. The van der Waals surface area contributed by atoms with E-state index in [0.29, 0.717) is 5.39 Å². The molecule has 7 nitrogen and oxygen atoms in total. The zero-order chi connectivity index (χ0) is 19.1. The topological polar surface area (TPSA) is 87.0 Å². The minimum atomic E-state index is -0.0769. The summed E-state index contributed by atoms with van der Waals surface area (Å²) in [5.41, 5.74) is 4.46. The van der Waals surface area contributed by atoms with Gasteiger partial charge in [-0.25, -0.2) is 4.98 Å². The van der Waals surface area contributed by atoms with E-state index in [-0.39, 0.29) is 24.8 Å². The maximum Gasteiger partial charge on any atom is 0.261 e. The lowest BCUT2D eigenvalue weighted by molar-refractivity contribution is 0.220. The molecule has 0 amide bonds. The first kappa shape index (κ1) is 17.6. The van der Waals surface area contributed by atoms with Gasteiger partial charge >= 0.3 is 0 Å². The smallest absolute Gasteiger partial charge is 0.261 e. The second kappa shape index (κ2) is 7.14. The summed E-state index contributed by atoms with van der Waals surface area (Å²) in [6.45, 7) is 1.94. The number of aromatic amines is 1. The highest BCUT2D eigenvalue weighted by atomic mass is 16.3. The van der Waals surface area contributed by atoms with Crippen molar-refractivity contribution in [2.45, 2.75) is 51.2 Å². The molecule has 0 bridgehead atoms. The fraction of sp³-hybridized carbons (Fsp3) is 0.476. The Labute approximate surface area is 163 Å². The van der Waals surface area contributed by atoms with Crippen molar-refractivity contribution in [3.63, 3.8) is 0 Å². The van der Waals surface area contributed by atoms with Crippen LogP contribution in [0.3, 0.4) is 0 Å². The van der Waals surface area contributed by atoms with Crippen LogP contribution in [0.2, 0.25) is 0 Å². The van der Waals surface area contributed by atoms with Crippen LogP contribution in [0.1, 0.15) is 48.1 Å². The molecule has 2 N–H and O–H groups in total. The van der Waals surface area contributed by atoms with Crippen molar-refractivity contribution in [3.05, 3.63) is 57.4 Å². The largest absolute Gasteiger partial charge is 0.395 e. The standard InChI is InChI=1S/C21H25N5O2/c27-12-11-26-20(22-16-7-2-1-5-15(16)21(26)28)19-9-4-10-25(19)13-18-14-6-3-8-17(14)23-24-18/h1-2,5,7,19,27H,3-4,6,8-13H2,(H,23,24). The number of hydrogen-bond donors (Lipinski definition) is 2. The number of aromatic nitrogens is 4. The number of rotatable bonds is 5. The highest BCUT2D eigenvalue weighted by molar-refractivity contribution is 5.77. The summed E-state index contributed by atoms with van der Waals surface area (Å²) >= 11 is 0. The van der Waals surface area contributed by atoms with Crippen molar-refractivity contribution in [2.24, 2.45) is 0 Å². The predicted octanol–water partition coefficient (Wildman–Crippen LogP) is 1.94. The lowest BCUT2D eigenvalue weighted by Gasteiger charge is -2.26. The van der Waals surface area contributed by atoms with Gasteiger partial charge in [0.15, 0.2) is 0 Å². The second-order valence-corrected chi connectivity index (χ2v) is 7.78. The van der Waals surface area contributed by atoms with Crippen molar-refractivity contribution >= 4 is 10.9 Å². The van der Waals surface area contributed by atoms with Crippen LogP contribution in [0.4, 0.5) is 0 Å². The summed E-state index contributed by atoms with van der Waals surface area (Å²) in [4.78, 5) is 20.3.